The molecule has 3 nitrogen and oxygen atoms in total. The lowest BCUT2D eigenvalue weighted by Crippen LogP contribution is -1.79. The van der Waals surface area contributed by atoms with Crippen molar-refractivity contribution < 1.29 is 0 Å². The summed E-state index contributed by atoms with van der Waals surface area (Å²) in [5.41, 5.74) is 1.98. The summed E-state index contributed by atoms with van der Waals surface area (Å²) in [6.45, 7) is 5.94. The molecular weight excluding hydrogens is 182 g/mol. The average Bonchev–Trinajstić information content (AvgIpc) is 2.53. The first-order valence-corrected chi connectivity index (χ1v) is 4.72. The van der Waals surface area contributed by atoms with Crippen molar-refractivity contribution in [2.45, 2.75) is 20.8 Å². The van der Waals surface area contributed by atoms with Crippen LogP contribution in [0.5, 0.6) is 0 Å². The van der Waals surface area contributed by atoms with Gasteiger partial charge in [0.05, 0.1) is 10.9 Å². The molecule has 0 aliphatic heterocycles. The summed E-state index contributed by atoms with van der Waals surface area (Å²) in [4.78, 5) is 4.13. The maximum Gasteiger partial charge on any atom is 0.129 e. The molecule has 4 heteroatoms. The Morgan fingerprint density at radius 1 is 1.31 bits per heavy atom. The minimum absolute atomic E-state index is 0.727. The van der Waals surface area contributed by atoms with Gasteiger partial charge in [0.2, 0.25) is 0 Å². The van der Waals surface area contributed by atoms with Crippen LogP contribution in [0.2, 0.25) is 0 Å². The molecule has 0 amide bonds. The first-order valence-electron chi connectivity index (χ1n) is 4.31. The summed E-state index contributed by atoms with van der Waals surface area (Å²) in [6, 6.07) is 1.90. The largest absolute Gasteiger partial charge is 0.299 e. The van der Waals surface area contributed by atoms with Crippen LogP contribution < -0.4 is 0 Å². The van der Waals surface area contributed by atoms with Gasteiger partial charge in [-0.15, -0.1) is 0 Å². The van der Waals surface area contributed by atoms with Crippen LogP contribution in [0, 0.1) is 11.6 Å². The number of nitrogens with zero attached hydrogens (tertiary/aromatic N) is 1. The average molecular weight is 195 g/mol. The van der Waals surface area contributed by atoms with Crippen LogP contribution in [0.4, 0.5) is 0 Å². The Bertz CT molecular complexity index is 441. The third kappa shape index (κ3) is 1.78. The van der Waals surface area contributed by atoms with E-state index in [0.717, 1.165) is 21.2 Å². The summed E-state index contributed by atoms with van der Waals surface area (Å²) >= 11 is 5.05. The normalized spacial score (nSPS) is 9.46. The Kier molecular flexibility index (Phi) is 3.19. The van der Waals surface area contributed by atoms with Crippen molar-refractivity contribution in [1.82, 2.24) is 15.2 Å². The highest BCUT2D eigenvalue weighted by molar-refractivity contribution is 7.71. The van der Waals surface area contributed by atoms with E-state index in [1.165, 1.54) is 0 Å². The molecule has 0 fully saturated rings. The van der Waals surface area contributed by atoms with Gasteiger partial charge < -0.3 is 0 Å². The molecule has 0 unspecified atom stereocenters. The number of aromatic nitrogens is 3. The first kappa shape index (κ1) is 9.92. The van der Waals surface area contributed by atoms with Gasteiger partial charge in [0.15, 0.2) is 0 Å². The third-order valence-electron chi connectivity index (χ3n) is 1.68. The topological polar surface area (TPSA) is 44.5 Å². The molecule has 0 atom stereocenters. The highest BCUT2D eigenvalue weighted by Crippen LogP contribution is 2.13. The summed E-state index contributed by atoms with van der Waals surface area (Å²) in [5, 5.41) is 6.84. The van der Waals surface area contributed by atoms with Crippen molar-refractivity contribution in [3.63, 3.8) is 0 Å². The molecule has 0 bridgehead atoms. The molecule has 13 heavy (non-hydrogen) atoms. The first-order chi connectivity index (χ1) is 6.29. The molecule has 0 radical (unpaired) electrons. The zero-order chi connectivity index (χ0) is 9.84. The summed E-state index contributed by atoms with van der Waals surface area (Å²) in [5.74, 6) is 0. The second-order valence-corrected chi connectivity index (χ2v) is 2.81. The van der Waals surface area contributed by atoms with Gasteiger partial charge in [-0.25, -0.2) is 0 Å². The van der Waals surface area contributed by atoms with Crippen molar-refractivity contribution in [3.05, 3.63) is 22.6 Å². The minimum atomic E-state index is 0.727. The van der Waals surface area contributed by atoms with Crippen molar-refractivity contribution >= 4 is 23.1 Å². The van der Waals surface area contributed by atoms with Gasteiger partial charge in [-0.05, 0) is 13.0 Å². The summed E-state index contributed by atoms with van der Waals surface area (Å²) in [7, 11) is 0. The molecule has 2 heterocycles. The lowest BCUT2D eigenvalue weighted by atomic mass is 10.3. The van der Waals surface area contributed by atoms with Gasteiger partial charge >= 0.3 is 0 Å². The molecule has 0 aromatic carbocycles. The monoisotopic (exact) mass is 195 g/mol. The molecule has 2 rings (SSSR count). The fraction of sp³-hybridized carbons (Fsp3) is 0.333. The molecule has 0 saturated heterocycles. The molecule has 0 saturated carbocycles. The summed E-state index contributed by atoms with van der Waals surface area (Å²) in [6.07, 6.45) is 1.76. The highest BCUT2D eigenvalue weighted by atomic mass is 32.1. The molecule has 0 aliphatic rings. The Labute approximate surface area is 82.2 Å². The van der Waals surface area contributed by atoms with Crippen LogP contribution in [0.1, 0.15) is 19.5 Å². The van der Waals surface area contributed by atoms with E-state index < -0.39 is 0 Å². The van der Waals surface area contributed by atoms with E-state index in [2.05, 4.69) is 15.2 Å². The number of nitrogens with one attached hydrogen (secondary N) is 2. The van der Waals surface area contributed by atoms with E-state index >= 15 is 0 Å². The second-order valence-electron chi connectivity index (χ2n) is 2.40. The number of hydrogen-bond acceptors (Lipinski definition) is 2. The van der Waals surface area contributed by atoms with Gasteiger partial charge in [0.25, 0.3) is 0 Å². The van der Waals surface area contributed by atoms with Crippen molar-refractivity contribution in [3.8, 4) is 0 Å². The Morgan fingerprint density at radius 2 is 2.00 bits per heavy atom. The predicted molar refractivity (Wildman–Crippen MR) is 57.4 cm³/mol. The van der Waals surface area contributed by atoms with Crippen LogP contribution in [0.3, 0.4) is 0 Å². The third-order valence-corrected chi connectivity index (χ3v) is 1.98. The predicted octanol–water partition coefficient (Wildman–Crippen LogP) is 2.96. The van der Waals surface area contributed by atoms with E-state index in [1.54, 1.807) is 6.20 Å². The van der Waals surface area contributed by atoms with E-state index in [9.17, 15) is 0 Å². The molecule has 0 spiro atoms. The number of rotatable bonds is 0. The van der Waals surface area contributed by atoms with Crippen LogP contribution in [-0.2, 0) is 0 Å². The standard InChI is InChI=1S/C7H7N3S.C2H6/c1-4-6-5(2-3-8-4)9-10-7(6)11;1-2/h2-3H,1H3,(H2,9,10,11);1-2H3. The zero-order valence-corrected chi connectivity index (χ0v) is 8.83. The summed E-state index contributed by atoms with van der Waals surface area (Å²) < 4.78 is 0.727. The number of H-pyrrole nitrogens is 2. The lowest BCUT2D eigenvalue weighted by molar-refractivity contribution is 1.11. The number of fused-ring (bicyclic) bond motifs is 1. The molecule has 70 valence electrons. The Balaban J connectivity index is 0.000000396. The molecular formula is C9H13N3S. The van der Waals surface area contributed by atoms with E-state index in [1.807, 2.05) is 26.8 Å². The lowest BCUT2D eigenvalue weighted by Gasteiger charge is -1.90. The maximum absolute atomic E-state index is 5.05. The fourth-order valence-electron chi connectivity index (χ4n) is 1.14. The Morgan fingerprint density at radius 3 is 2.62 bits per heavy atom. The molecule has 0 aliphatic carbocycles. The number of hydrogen-bond donors (Lipinski definition) is 2. The van der Waals surface area contributed by atoms with E-state index in [0.29, 0.717) is 0 Å². The maximum atomic E-state index is 5.05. The van der Waals surface area contributed by atoms with Crippen molar-refractivity contribution in [2.24, 2.45) is 0 Å². The number of aryl methyl sites for hydroxylation is 1. The zero-order valence-electron chi connectivity index (χ0n) is 8.01. The second kappa shape index (κ2) is 4.18. The smallest absolute Gasteiger partial charge is 0.129 e. The van der Waals surface area contributed by atoms with Gasteiger partial charge in [0, 0.05) is 11.9 Å². The molecule has 2 aromatic heterocycles. The Hall–Kier alpha value is -1.16. The minimum Gasteiger partial charge on any atom is -0.299 e. The van der Waals surface area contributed by atoms with Gasteiger partial charge in [-0.1, -0.05) is 26.1 Å². The van der Waals surface area contributed by atoms with Gasteiger partial charge in [-0.3, -0.25) is 15.2 Å². The van der Waals surface area contributed by atoms with Gasteiger partial charge in [0.1, 0.15) is 4.64 Å². The fourth-order valence-corrected chi connectivity index (χ4v) is 1.45. The van der Waals surface area contributed by atoms with Crippen molar-refractivity contribution in [1.29, 1.82) is 0 Å². The quantitative estimate of drug-likeness (QED) is 0.635. The van der Waals surface area contributed by atoms with Crippen LogP contribution in [0.25, 0.3) is 10.9 Å². The van der Waals surface area contributed by atoms with E-state index in [-0.39, 0.29) is 0 Å². The molecule has 2 aromatic rings. The highest BCUT2D eigenvalue weighted by Gasteiger charge is 1.99. The van der Waals surface area contributed by atoms with E-state index in [4.69, 9.17) is 12.2 Å². The number of aromatic amines is 2. The SMILES string of the molecule is CC.Cc1nccc2[nH][nH]c(=S)c12. The van der Waals surface area contributed by atoms with Gasteiger partial charge in [-0.2, -0.15) is 0 Å². The van der Waals surface area contributed by atoms with Crippen LogP contribution >= 0.6 is 12.2 Å². The number of pyridine rings is 1. The van der Waals surface area contributed by atoms with Crippen LogP contribution in [-0.4, -0.2) is 15.2 Å². The van der Waals surface area contributed by atoms with Crippen molar-refractivity contribution in [2.75, 3.05) is 0 Å². The molecule has 2 N–H and O–H groups in total. The van der Waals surface area contributed by atoms with Crippen LogP contribution in [0.15, 0.2) is 12.3 Å².